The Morgan fingerprint density at radius 2 is 1.77 bits per heavy atom. The van der Waals surface area contributed by atoms with E-state index >= 15 is 0 Å². The molecule has 0 atom stereocenters. The van der Waals surface area contributed by atoms with Crippen molar-refractivity contribution in [3.63, 3.8) is 0 Å². The number of ether oxygens (including phenoxy) is 1. The molecule has 0 aromatic heterocycles. The monoisotopic (exact) mass is 357 g/mol. The molecule has 0 saturated carbocycles. The first-order valence-electron chi connectivity index (χ1n) is 7.42. The van der Waals surface area contributed by atoms with Gasteiger partial charge >= 0.3 is 5.97 Å². The SMILES string of the molecule is CCOC(=O)c1ccc(NC(=O)c2cccc([N+](=O)[O-])c2C(=O)[O-])cc1. The van der Waals surface area contributed by atoms with Crippen molar-refractivity contribution in [1.82, 2.24) is 0 Å². The van der Waals surface area contributed by atoms with Crippen LogP contribution in [-0.2, 0) is 4.74 Å². The molecule has 9 nitrogen and oxygen atoms in total. The van der Waals surface area contributed by atoms with Crippen LogP contribution in [0.3, 0.4) is 0 Å². The molecule has 0 unspecified atom stereocenters. The molecule has 0 bridgehead atoms. The van der Waals surface area contributed by atoms with E-state index in [9.17, 15) is 29.6 Å². The van der Waals surface area contributed by atoms with E-state index < -0.39 is 39.6 Å². The van der Waals surface area contributed by atoms with Crippen molar-refractivity contribution >= 4 is 29.2 Å². The van der Waals surface area contributed by atoms with Gasteiger partial charge in [0.15, 0.2) is 0 Å². The van der Waals surface area contributed by atoms with Crippen molar-refractivity contribution in [2.24, 2.45) is 0 Å². The molecule has 0 radical (unpaired) electrons. The zero-order valence-electron chi connectivity index (χ0n) is 13.6. The second-order valence-corrected chi connectivity index (χ2v) is 5.00. The van der Waals surface area contributed by atoms with Crippen LogP contribution < -0.4 is 10.4 Å². The number of hydrogen-bond acceptors (Lipinski definition) is 7. The van der Waals surface area contributed by atoms with Gasteiger partial charge in [-0.05, 0) is 37.3 Å². The summed E-state index contributed by atoms with van der Waals surface area (Å²) >= 11 is 0. The van der Waals surface area contributed by atoms with Crippen LogP contribution in [0.25, 0.3) is 0 Å². The van der Waals surface area contributed by atoms with Gasteiger partial charge in [-0.15, -0.1) is 0 Å². The number of aromatic carboxylic acids is 1. The van der Waals surface area contributed by atoms with E-state index in [1.54, 1.807) is 6.92 Å². The Morgan fingerprint density at radius 1 is 1.12 bits per heavy atom. The molecule has 26 heavy (non-hydrogen) atoms. The predicted octanol–water partition coefficient (Wildman–Crippen LogP) is 1.39. The topological polar surface area (TPSA) is 139 Å². The number of esters is 1. The van der Waals surface area contributed by atoms with Gasteiger partial charge in [0.2, 0.25) is 0 Å². The first-order chi connectivity index (χ1) is 12.3. The van der Waals surface area contributed by atoms with Gasteiger partial charge < -0.3 is 20.0 Å². The molecular formula is C17H13N2O7-. The number of rotatable bonds is 6. The molecule has 0 fully saturated rings. The zero-order valence-corrected chi connectivity index (χ0v) is 13.6. The number of nitrogens with one attached hydrogen (secondary N) is 1. The summed E-state index contributed by atoms with van der Waals surface area (Å²) in [4.78, 5) is 45.2. The Morgan fingerprint density at radius 3 is 2.31 bits per heavy atom. The van der Waals surface area contributed by atoms with Gasteiger partial charge in [-0.3, -0.25) is 14.9 Å². The molecule has 0 saturated heterocycles. The minimum Gasteiger partial charge on any atom is -0.545 e. The fraction of sp³-hybridized carbons (Fsp3) is 0.118. The van der Waals surface area contributed by atoms with Gasteiger partial charge in [-0.1, -0.05) is 6.07 Å². The maximum atomic E-state index is 12.3. The largest absolute Gasteiger partial charge is 0.545 e. The van der Waals surface area contributed by atoms with Crippen molar-refractivity contribution in [2.75, 3.05) is 11.9 Å². The Bertz CT molecular complexity index is 875. The molecule has 0 spiro atoms. The summed E-state index contributed by atoms with van der Waals surface area (Å²) in [5, 5.41) is 24.6. The van der Waals surface area contributed by atoms with Gasteiger partial charge in [0.05, 0.1) is 34.2 Å². The molecular weight excluding hydrogens is 344 g/mol. The molecule has 134 valence electrons. The van der Waals surface area contributed by atoms with E-state index in [1.807, 2.05) is 0 Å². The molecule has 0 aliphatic carbocycles. The number of nitrogens with zero attached hydrogens (tertiary/aromatic N) is 1. The standard InChI is InChI=1S/C17H14N2O7/c1-2-26-17(23)10-6-8-11(9-7-10)18-15(20)12-4-3-5-13(19(24)25)14(12)16(21)22/h3-9H,2H2,1H3,(H,18,20)(H,21,22)/p-1. The molecule has 2 aromatic carbocycles. The number of benzene rings is 2. The lowest BCUT2D eigenvalue weighted by molar-refractivity contribution is -0.385. The third-order valence-corrected chi connectivity index (χ3v) is 3.34. The maximum Gasteiger partial charge on any atom is 0.338 e. The first-order valence-corrected chi connectivity index (χ1v) is 7.42. The number of anilines is 1. The highest BCUT2D eigenvalue weighted by Gasteiger charge is 2.22. The van der Waals surface area contributed by atoms with Crippen molar-refractivity contribution < 1.29 is 29.2 Å². The third-order valence-electron chi connectivity index (χ3n) is 3.34. The number of nitro groups is 1. The van der Waals surface area contributed by atoms with E-state index in [0.29, 0.717) is 0 Å². The van der Waals surface area contributed by atoms with Gasteiger partial charge in [0.25, 0.3) is 11.6 Å². The molecule has 0 heterocycles. The second kappa shape index (κ2) is 7.88. The third kappa shape index (κ3) is 4.01. The van der Waals surface area contributed by atoms with Gasteiger partial charge in [0.1, 0.15) is 0 Å². The van der Waals surface area contributed by atoms with Crippen molar-refractivity contribution in [1.29, 1.82) is 0 Å². The Kier molecular flexibility index (Phi) is 5.63. The molecule has 0 aliphatic rings. The quantitative estimate of drug-likeness (QED) is 0.468. The van der Waals surface area contributed by atoms with Gasteiger partial charge in [-0.2, -0.15) is 0 Å². The van der Waals surface area contributed by atoms with Crippen LogP contribution in [0.4, 0.5) is 11.4 Å². The van der Waals surface area contributed by atoms with Crippen LogP contribution in [0.5, 0.6) is 0 Å². The number of carboxylic acid groups (broad SMARTS) is 1. The fourth-order valence-corrected chi connectivity index (χ4v) is 2.20. The zero-order chi connectivity index (χ0) is 19.3. The van der Waals surface area contributed by atoms with Gasteiger partial charge in [-0.25, -0.2) is 4.79 Å². The summed E-state index contributed by atoms with van der Waals surface area (Å²) in [6.07, 6.45) is 0. The minimum atomic E-state index is -1.83. The molecule has 2 aromatic rings. The summed E-state index contributed by atoms with van der Waals surface area (Å²) in [6, 6.07) is 8.97. The van der Waals surface area contributed by atoms with Crippen LogP contribution in [0.2, 0.25) is 0 Å². The molecule has 0 aliphatic heterocycles. The van der Waals surface area contributed by atoms with Crippen LogP contribution in [-0.4, -0.2) is 29.4 Å². The van der Waals surface area contributed by atoms with Crippen LogP contribution >= 0.6 is 0 Å². The lowest BCUT2D eigenvalue weighted by Gasteiger charge is -2.11. The van der Waals surface area contributed by atoms with Crippen molar-refractivity contribution in [2.45, 2.75) is 6.92 Å². The Balaban J connectivity index is 2.28. The van der Waals surface area contributed by atoms with Crippen molar-refractivity contribution in [3.8, 4) is 0 Å². The van der Waals surface area contributed by atoms with Crippen LogP contribution in [0.15, 0.2) is 42.5 Å². The summed E-state index contributed by atoms with van der Waals surface area (Å²) in [7, 11) is 0. The lowest BCUT2D eigenvalue weighted by atomic mass is 10.0. The Labute approximate surface area is 147 Å². The maximum absolute atomic E-state index is 12.3. The first kappa shape index (κ1) is 18.6. The number of hydrogen-bond donors (Lipinski definition) is 1. The highest BCUT2D eigenvalue weighted by molar-refractivity contribution is 6.12. The normalized spacial score (nSPS) is 10.0. The summed E-state index contributed by atoms with van der Waals surface area (Å²) in [5.41, 5.74) is -1.42. The second-order valence-electron chi connectivity index (χ2n) is 5.00. The summed E-state index contributed by atoms with van der Waals surface area (Å²) in [6.45, 7) is 1.89. The predicted molar refractivity (Wildman–Crippen MR) is 87.8 cm³/mol. The molecule has 1 N–H and O–H groups in total. The van der Waals surface area contributed by atoms with Gasteiger partial charge in [0, 0.05) is 11.8 Å². The average molecular weight is 357 g/mol. The summed E-state index contributed by atoms with van der Waals surface area (Å²) < 4.78 is 4.83. The average Bonchev–Trinajstić information content (AvgIpc) is 2.61. The fourth-order valence-electron chi connectivity index (χ4n) is 2.20. The van der Waals surface area contributed by atoms with E-state index in [2.05, 4.69) is 5.32 Å². The molecule has 2 rings (SSSR count). The smallest absolute Gasteiger partial charge is 0.338 e. The highest BCUT2D eigenvalue weighted by Crippen LogP contribution is 2.23. The lowest BCUT2D eigenvalue weighted by Crippen LogP contribution is -2.27. The van der Waals surface area contributed by atoms with E-state index in [4.69, 9.17) is 4.74 Å². The molecule has 1 amide bonds. The number of carbonyl (C=O) groups is 3. The number of carbonyl (C=O) groups excluding carboxylic acids is 3. The van der Waals surface area contributed by atoms with Crippen LogP contribution in [0, 0.1) is 10.1 Å². The van der Waals surface area contributed by atoms with Crippen molar-refractivity contribution in [3.05, 3.63) is 69.3 Å². The number of nitro benzene ring substituents is 1. The van der Waals surface area contributed by atoms with E-state index in [0.717, 1.165) is 12.1 Å². The summed E-state index contributed by atoms with van der Waals surface area (Å²) in [5.74, 6) is -3.22. The van der Waals surface area contributed by atoms with E-state index in [-0.39, 0.29) is 17.9 Å². The minimum absolute atomic E-state index is 0.218. The number of amides is 1. The van der Waals surface area contributed by atoms with E-state index in [1.165, 1.54) is 30.3 Å². The Hall–Kier alpha value is -3.75. The molecule has 9 heteroatoms. The number of carboxylic acids is 1. The highest BCUT2D eigenvalue weighted by atomic mass is 16.6. The van der Waals surface area contributed by atoms with Crippen LogP contribution in [0.1, 0.15) is 38.0 Å².